The van der Waals surface area contributed by atoms with E-state index in [1.807, 2.05) is 12.1 Å². The van der Waals surface area contributed by atoms with Crippen LogP contribution in [0.2, 0.25) is 5.02 Å². The van der Waals surface area contributed by atoms with Crippen LogP contribution >= 0.6 is 11.6 Å². The van der Waals surface area contributed by atoms with Crippen molar-refractivity contribution in [2.24, 2.45) is 0 Å². The fourth-order valence-corrected chi connectivity index (χ4v) is 2.59. The predicted molar refractivity (Wildman–Crippen MR) is 80.3 cm³/mol. The Morgan fingerprint density at radius 1 is 1.10 bits per heavy atom. The van der Waals surface area contributed by atoms with E-state index in [-0.39, 0.29) is 5.02 Å². The van der Waals surface area contributed by atoms with Gasteiger partial charge in [0.05, 0.1) is 21.4 Å². The number of rotatable bonds is 0. The molecule has 4 rings (SSSR count). The van der Waals surface area contributed by atoms with Crippen molar-refractivity contribution in [1.82, 2.24) is 4.98 Å². The first-order valence-electron chi connectivity index (χ1n) is 6.25. The third-order valence-corrected chi connectivity index (χ3v) is 3.71. The Balaban J connectivity index is 2.28. The van der Waals surface area contributed by atoms with E-state index in [4.69, 9.17) is 16.0 Å². The first-order chi connectivity index (χ1) is 10.1. The summed E-state index contributed by atoms with van der Waals surface area (Å²) in [4.78, 5) is 16.5. The number of fused-ring (bicyclic) bond motifs is 4. The van der Waals surface area contributed by atoms with Crippen molar-refractivity contribution in [2.45, 2.75) is 0 Å². The van der Waals surface area contributed by atoms with Gasteiger partial charge in [0.1, 0.15) is 11.4 Å². The van der Waals surface area contributed by atoms with E-state index in [1.165, 1.54) is 12.1 Å². The molecule has 0 bridgehead atoms. The normalized spacial score (nSPS) is 11.5. The average Bonchev–Trinajstić information content (AvgIpc) is 2.47. The highest BCUT2D eigenvalue weighted by Gasteiger charge is 2.11. The molecule has 0 radical (unpaired) electrons. The maximum Gasteiger partial charge on any atom is 0.345 e. The molecule has 0 saturated carbocycles. The van der Waals surface area contributed by atoms with Gasteiger partial charge in [0.15, 0.2) is 0 Å². The second kappa shape index (κ2) is 4.27. The third kappa shape index (κ3) is 1.80. The van der Waals surface area contributed by atoms with Gasteiger partial charge in [-0.25, -0.2) is 14.2 Å². The van der Waals surface area contributed by atoms with Gasteiger partial charge in [-0.2, -0.15) is 0 Å². The zero-order valence-corrected chi connectivity index (χ0v) is 11.3. The lowest BCUT2D eigenvalue weighted by atomic mass is 10.1. The summed E-state index contributed by atoms with van der Waals surface area (Å²) >= 11 is 5.79. The summed E-state index contributed by atoms with van der Waals surface area (Å²) in [7, 11) is 0. The van der Waals surface area contributed by atoms with Crippen LogP contribution in [-0.4, -0.2) is 4.98 Å². The molecule has 0 spiro atoms. The molecule has 0 aliphatic rings. The van der Waals surface area contributed by atoms with Crippen molar-refractivity contribution < 1.29 is 8.81 Å². The molecule has 2 heterocycles. The molecule has 0 saturated heterocycles. The van der Waals surface area contributed by atoms with Gasteiger partial charge in [-0.1, -0.05) is 23.7 Å². The monoisotopic (exact) mass is 299 g/mol. The molecule has 4 aromatic rings. The number of nitrogens with zero attached hydrogens (tertiary/aromatic N) is 1. The number of benzene rings is 2. The van der Waals surface area contributed by atoms with Gasteiger partial charge in [0.2, 0.25) is 0 Å². The molecule has 0 unspecified atom stereocenters. The summed E-state index contributed by atoms with van der Waals surface area (Å²) in [5.74, 6) is -0.546. The largest absolute Gasteiger partial charge is 0.422 e. The minimum atomic E-state index is -0.546. The van der Waals surface area contributed by atoms with Crippen molar-refractivity contribution in [1.29, 1.82) is 0 Å². The van der Waals surface area contributed by atoms with E-state index in [2.05, 4.69) is 4.98 Å². The number of hydrogen-bond acceptors (Lipinski definition) is 3. The van der Waals surface area contributed by atoms with Crippen LogP contribution in [0.4, 0.5) is 4.39 Å². The van der Waals surface area contributed by atoms with Crippen LogP contribution in [0.5, 0.6) is 0 Å². The van der Waals surface area contributed by atoms with Gasteiger partial charge in [-0.05, 0) is 30.3 Å². The van der Waals surface area contributed by atoms with Gasteiger partial charge >= 0.3 is 5.63 Å². The van der Waals surface area contributed by atoms with Crippen molar-refractivity contribution in [3.8, 4) is 0 Å². The van der Waals surface area contributed by atoms with Crippen LogP contribution < -0.4 is 5.63 Å². The lowest BCUT2D eigenvalue weighted by molar-refractivity contribution is 0.569. The highest BCUT2D eigenvalue weighted by molar-refractivity contribution is 6.31. The standard InChI is InChI=1S/C16H7ClFNO2/c17-11-7-13-8(6-12(11)18)5-10-15(19-13)9-3-1-2-4-14(9)21-16(10)20/h1-7H. The highest BCUT2D eigenvalue weighted by atomic mass is 35.5. The van der Waals surface area contributed by atoms with Crippen LogP contribution in [0.3, 0.4) is 0 Å². The van der Waals surface area contributed by atoms with E-state index in [0.717, 1.165) is 5.39 Å². The fourth-order valence-electron chi connectivity index (χ4n) is 2.44. The van der Waals surface area contributed by atoms with E-state index in [9.17, 15) is 9.18 Å². The zero-order valence-electron chi connectivity index (χ0n) is 10.6. The van der Waals surface area contributed by atoms with Crippen LogP contribution in [0.15, 0.2) is 51.7 Å². The van der Waals surface area contributed by atoms with Crippen molar-refractivity contribution >= 4 is 44.4 Å². The predicted octanol–water partition coefficient (Wildman–Crippen LogP) is 4.29. The molecule has 3 nitrogen and oxygen atoms in total. The number of hydrogen-bond donors (Lipinski definition) is 0. The summed E-state index contributed by atoms with van der Waals surface area (Å²) in [6.45, 7) is 0. The van der Waals surface area contributed by atoms with Crippen LogP contribution in [0, 0.1) is 5.82 Å². The number of pyridine rings is 1. The van der Waals surface area contributed by atoms with E-state index in [1.54, 1.807) is 18.2 Å². The summed E-state index contributed by atoms with van der Waals surface area (Å²) in [5, 5.41) is 1.56. The summed E-state index contributed by atoms with van der Waals surface area (Å²) in [6, 6.07) is 11.4. The minimum Gasteiger partial charge on any atom is -0.422 e. The first-order valence-corrected chi connectivity index (χ1v) is 6.62. The number of para-hydroxylation sites is 1. The number of halogens is 2. The smallest absolute Gasteiger partial charge is 0.345 e. The van der Waals surface area contributed by atoms with E-state index < -0.39 is 11.4 Å². The molecule has 102 valence electrons. The van der Waals surface area contributed by atoms with Crippen LogP contribution in [0.1, 0.15) is 0 Å². The molecule has 0 amide bonds. The Morgan fingerprint density at radius 3 is 2.76 bits per heavy atom. The average molecular weight is 300 g/mol. The second-order valence-electron chi connectivity index (χ2n) is 4.73. The van der Waals surface area contributed by atoms with Crippen molar-refractivity contribution in [3.05, 3.63) is 63.7 Å². The molecule has 2 aromatic heterocycles. The van der Waals surface area contributed by atoms with Crippen molar-refractivity contribution in [3.63, 3.8) is 0 Å². The molecule has 2 aromatic carbocycles. The van der Waals surface area contributed by atoms with Gasteiger partial charge in [0.25, 0.3) is 0 Å². The Kier molecular flexibility index (Phi) is 2.50. The lowest BCUT2D eigenvalue weighted by Crippen LogP contribution is -2.01. The van der Waals surface area contributed by atoms with Crippen LogP contribution in [-0.2, 0) is 0 Å². The second-order valence-corrected chi connectivity index (χ2v) is 5.14. The molecule has 0 aliphatic heterocycles. The summed E-state index contributed by atoms with van der Waals surface area (Å²) < 4.78 is 18.8. The lowest BCUT2D eigenvalue weighted by Gasteiger charge is -2.05. The summed E-state index contributed by atoms with van der Waals surface area (Å²) in [6.07, 6.45) is 0. The van der Waals surface area contributed by atoms with Gasteiger partial charge in [-0.15, -0.1) is 0 Å². The fraction of sp³-hybridized carbons (Fsp3) is 0. The molecule has 0 aliphatic carbocycles. The highest BCUT2D eigenvalue weighted by Crippen LogP contribution is 2.27. The molecule has 0 atom stereocenters. The maximum atomic E-state index is 13.5. The third-order valence-electron chi connectivity index (χ3n) is 3.42. The van der Waals surface area contributed by atoms with Gasteiger partial charge in [0, 0.05) is 10.8 Å². The molecular weight excluding hydrogens is 293 g/mol. The Hall–Kier alpha value is -2.46. The van der Waals surface area contributed by atoms with Gasteiger partial charge < -0.3 is 4.42 Å². The molecular formula is C16H7ClFNO2. The molecule has 0 N–H and O–H groups in total. The zero-order chi connectivity index (χ0) is 14.6. The number of aromatic nitrogens is 1. The van der Waals surface area contributed by atoms with Gasteiger partial charge in [-0.3, -0.25) is 0 Å². The molecule has 21 heavy (non-hydrogen) atoms. The quantitative estimate of drug-likeness (QED) is 0.276. The Bertz CT molecular complexity index is 1090. The van der Waals surface area contributed by atoms with E-state index in [0.29, 0.717) is 27.4 Å². The van der Waals surface area contributed by atoms with Crippen LogP contribution in [0.25, 0.3) is 32.8 Å². The Morgan fingerprint density at radius 2 is 1.90 bits per heavy atom. The SMILES string of the molecule is O=c1oc2ccccc2c2nc3cc(Cl)c(F)cc3cc12. The Labute approximate surface area is 122 Å². The summed E-state index contributed by atoms with van der Waals surface area (Å²) in [5.41, 5.74) is 1.03. The van der Waals surface area contributed by atoms with E-state index >= 15 is 0 Å². The first kappa shape index (κ1) is 12.3. The minimum absolute atomic E-state index is 0.00150. The molecule has 0 fully saturated rings. The maximum absolute atomic E-state index is 13.5. The topological polar surface area (TPSA) is 43.1 Å². The molecule has 5 heteroatoms. The van der Waals surface area contributed by atoms with Crippen molar-refractivity contribution in [2.75, 3.05) is 0 Å².